The fraction of sp³-hybridized carbons (Fsp3) is 0. The monoisotopic (exact) mass is 232 g/mol. The van der Waals surface area contributed by atoms with E-state index in [4.69, 9.17) is 0 Å². The molecule has 0 saturated carbocycles. The molecule has 1 aromatic carbocycles. The number of phenolic OH excluding ortho intramolecular Hbond substituents is 1. The van der Waals surface area contributed by atoms with Gasteiger partial charge in [0, 0.05) is 6.20 Å². The lowest BCUT2D eigenvalue weighted by molar-refractivity contribution is 0.102. The van der Waals surface area contributed by atoms with Gasteiger partial charge in [-0.2, -0.15) is 4.39 Å². The third-order valence-electron chi connectivity index (χ3n) is 2.16. The zero-order valence-electron chi connectivity index (χ0n) is 8.72. The lowest BCUT2D eigenvalue weighted by Crippen LogP contribution is -2.14. The Balaban J connectivity index is 2.24. The molecule has 86 valence electrons. The number of halogens is 1. The van der Waals surface area contributed by atoms with Gasteiger partial charge in [0.2, 0.25) is 5.95 Å². The molecule has 0 radical (unpaired) electrons. The average molecular weight is 232 g/mol. The van der Waals surface area contributed by atoms with Crippen molar-refractivity contribution in [2.75, 3.05) is 5.32 Å². The lowest BCUT2D eigenvalue weighted by Gasteiger charge is -2.06. The largest absolute Gasteiger partial charge is 0.506 e. The van der Waals surface area contributed by atoms with Crippen molar-refractivity contribution < 1.29 is 14.3 Å². The number of hydrogen-bond donors (Lipinski definition) is 2. The van der Waals surface area contributed by atoms with Crippen molar-refractivity contribution in [1.82, 2.24) is 4.98 Å². The van der Waals surface area contributed by atoms with Gasteiger partial charge in [-0.25, -0.2) is 4.98 Å². The highest BCUT2D eigenvalue weighted by molar-refractivity contribution is 6.04. The van der Waals surface area contributed by atoms with Gasteiger partial charge in [-0.3, -0.25) is 4.79 Å². The van der Waals surface area contributed by atoms with Crippen molar-refractivity contribution in [2.24, 2.45) is 0 Å². The van der Waals surface area contributed by atoms with Gasteiger partial charge >= 0.3 is 0 Å². The van der Waals surface area contributed by atoms with Gasteiger partial charge in [0.15, 0.2) is 0 Å². The molecule has 2 N–H and O–H groups in total. The van der Waals surface area contributed by atoms with Crippen molar-refractivity contribution in [3.8, 4) is 5.75 Å². The van der Waals surface area contributed by atoms with Crippen LogP contribution in [0.2, 0.25) is 0 Å². The van der Waals surface area contributed by atoms with Gasteiger partial charge in [0.1, 0.15) is 5.75 Å². The summed E-state index contributed by atoms with van der Waals surface area (Å²) in [4.78, 5) is 15.1. The molecule has 1 aromatic heterocycles. The molecule has 0 aliphatic rings. The summed E-state index contributed by atoms with van der Waals surface area (Å²) >= 11 is 0. The molecule has 2 rings (SSSR count). The fourth-order valence-corrected chi connectivity index (χ4v) is 1.32. The summed E-state index contributed by atoms with van der Waals surface area (Å²) in [5, 5.41) is 11.8. The summed E-state index contributed by atoms with van der Waals surface area (Å²) in [6.07, 6.45) is 1.26. The molecule has 0 atom stereocenters. The number of carbonyl (C=O) groups excluding carboxylic acids is 1. The van der Waals surface area contributed by atoms with Crippen molar-refractivity contribution in [2.45, 2.75) is 0 Å². The zero-order valence-corrected chi connectivity index (χ0v) is 8.72. The SMILES string of the molecule is O=C(Nc1ccccc1O)c1cccnc1F. The second-order valence-electron chi connectivity index (χ2n) is 3.31. The van der Waals surface area contributed by atoms with Gasteiger partial charge in [-0.15, -0.1) is 0 Å². The number of para-hydroxylation sites is 2. The Bertz CT molecular complexity index is 558. The third-order valence-corrected chi connectivity index (χ3v) is 2.16. The molecule has 0 spiro atoms. The van der Waals surface area contributed by atoms with Gasteiger partial charge < -0.3 is 10.4 Å². The van der Waals surface area contributed by atoms with Gasteiger partial charge in [0.05, 0.1) is 11.3 Å². The van der Waals surface area contributed by atoms with E-state index < -0.39 is 11.9 Å². The minimum absolute atomic E-state index is 0.0786. The maximum absolute atomic E-state index is 13.2. The second kappa shape index (κ2) is 4.61. The van der Waals surface area contributed by atoms with Crippen LogP contribution in [0.1, 0.15) is 10.4 Å². The van der Waals surface area contributed by atoms with Crippen LogP contribution in [-0.4, -0.2) is 16.0 Å². The number of benzene rings is 1. The van der Waals surface area contributed by atoms with Crippen molar-refractivity contribution >= 4 is 11.6 Å². The van der Waals surface area contributed by atoms with Crippen LogP contribution in [0, 0.1) is 5.95 Å². The lowest BCUT2D eigenvalue weighted by atomic mass is 10.2. The Labute approximate surface area is 96.7 Å². The topological polar surface area (TPSA) is 62.2 Å². The highest BCUT2D eigenvalue weighted by atomic mass is 19.1. The van der Waals surface area contributed by atoms with Gasteiger partial charge in [-0.1, -0.05) is 12.1 Å². The molecule has 4 nitrogen and oxygen atoms in total. The van der Waals surface area contributed by atoms with Crippen LogP contribution in [0.5, 0.6) is 5.75 Å². The number of aromatic nitrogens is 1. The summed E-state index contributed by atoms with van der Waals surface area (Å²) in [6.45, 7) is 0. The number of anilines is 1. The van der Waals surface area contributed by atoms with E-state index in [1.54, 1.807) is 12.1 Å². The molecular formula is C12H9FN2O2. The van der Waals surface area contributed by atoms with Crippen LogP contribution in [-0.2, 0) is 0 Å². The van der Waals surface area contributed by atoms with Crippen LogP contribution >= 0.6 is 0 Å². The average Bonchev–Trinajstić information content (AvgIpc) is 2.32. The Hall–Kier alpha value is -2.43. The predicted molar refractivity (Wildman–Crippen MR) is 60.3 cm³/mol. The van der Waals surface area contributed by atoms with E-state index in [0.29, 0.717) is 0 Å². The van der Waals surface area contributed by atoms with E-state index in [0.717, 1.165) is 0 Å². The van der Waals surface area contributed by atoms with Crippen LogP contribution in [0.3, 0.4) is 0 Å². The van der Waals surface area contributed by atoms with Crippen LogP contribution in [0.15, 0.2) is 42.6 Å². The van der Waals surface area contributed by atoms with Crippen LogP contribution in [0.4, 0.5) is 10.1 Å². The number of pyridine rings is 1. The maximum Gasteiger partial charge on any atom is 0.260 e. The van der Waals surface area contributed by atoms with Gasteiger partial charge in [-0.05, 0) is 24.3 Å². The molecule has 0 unspecified atom stereocenters. The van der Waals surface area contributed by atoms with Crippen LogP contribution < -0.4 is 5.32 Å². The first-order chi connectivity index (χ1) is 8.18. The molecule has 0 saturated heterocycles. The summed E-state index contributed by atoms with van der Waals surface area (Å²) < 4.78 is 13.2. The molecule has 1 amide bonds. The number of hydrogen-bond acceptors (Lipinski definition) is 3. The van der Waals surface area contributed by atoms with Crippen molar-refractivity contribution in [3.05, 3.63) is 54.1 Å². The van der Waals surface area contributed by atoms with E-state index in [9.17, 15) is 14.3 Å². The van der Waals surface area contributed by atoms with Crippen molar-refractivity contribution in [3.63, 3.8) is 0 Å². The minimum Gasteiger partial charge on any atom is -0.506 e. The number of nitrogens with one attached hydrogen (secondary N) is 1. The standard InChI is InChI=1S/C12H9FN2O2/c13-11-8(4-3-7-14-11)12(17)15-9-5-1-2-6-10(9)16/h1-7,16H,(H,15,17). The molecule has 0 bridgehead atoms. The van der Waals surface area contributed by atoms with E-state index in [-0.39, 0.29) is 17.0 Å². The molecule has 0 aliphatic carbocycles. The summed E-state index contributed by atoms with van der Waals surface area (Å²) in [5.41, 5.74) is 0.0523. The molecule has 0 aliphatic heterocycles. The number of amides is 1. The van der Waals surface area contributed by atoms with E-state index >= 15 is 0 Å². The first kappa shape index (κ1) is 11.1. The Morgan fingerprint density at radius 3 is 2.71 bits per heavy atom. The normalized spacial score (nSPS) is 9.94. The molecule has 17 heavy (non-hydrogen) atoms. The molecule has 1 heterocycles. The minimum atomic E-state index is -0.847. The Morgan fingerprint density at radius 1 is 1.24 bits per heavy atom. The van der Waals surface area contributed by atoms with Gasteiger partial charge in [0.25, 0.3) is 5.91 Å². The fourth-order valence-electron chi connectivity index (χ4n) is 1.32. The number of nitrogens with zero attached hydrogens (tertiary/aromatic N) is 1. The van der Waals surface area contributed by atoms with E-state index in [2.05, 4.69) is 10.3 Å². The smallest absolute Gasteiger partial charge is 0.260 e. The first-order valence-corrected chi connectivity index (χ1v) is 4.88. The maximum atomic E-state index is 13.2. The first-order valence-electron chi connectivity index (χ1n) is 4.88. The summed E-state index contributed by atoms with van der Waals surface area (Å²) in [5.74, 6) is -1.58. The highest BCUT2D eigenvalue weighted by Gasteiger charge is 2.13. The second-order valence-corrected chi connectivity index (χ2v) is 3.31. The molecule has 0 fully saturated rings. The van der Waals surface area contributed by atoms with E-state index in [1.807, 2.05) is 0 Å². The van der Waals surface area contributed by atoms with E-state index in [1.165, 1.54) is 30.5 Å². The molecule has 5 heteroatoms. The summed E-state index contributed by atoms with van der Waals surface area (Å²) in [7, 11) is 0. The van der Waals surface area contributed by atoms with Crippen LogP contribution in [0.25, 0.3) is 0 Å². The highest BCUT2D eigenvalue weighted by Crippen LogP contribution is 2.22. The molecule has 2 aromatic rings. The number of aromatic hydroxyl groups is 1. The molecular weight excluding hydrogens is 223 g/mol. The van der Waals surface area contributed by atoms with Crippen molar-refractivity contribution in [1.29, 1.82) is 0 Å². The number of carbonyl (C=O) groups is 1. The Kier molecular flexibility index (Phi) is 3.00. The predicted octanol–water partition coefficient (Wildman–Crippen LogP) is 2.18. The quantitative estimate of drug-likeness (QED) is 0.616. The summed E-state index contributed by atoms with van der Waals surface area (Å²) in [6, 6.07) is 8.99. The zero-order chi connectivity index (χ0) is 12.3. The Morgan fingerprint density at radius 2 is 2.00 bits per heavy atom. The number of rotatable bonds is 2. The number of phenols is 1. The third kappa shape index (κ3) is 2.39.